The zero-order chi connectivity index (χ0) is 13.7. The van der Waals surface area contributed by atoms with Crippen molar-refractivity contribution < 1.29 is 0 Å². The van der Waals surface area contributed by atoms with Crippen LogP contribution in [0.3, 0.4) is 0 Å². The minimum absolute atomic E-state index is 0. The van der Waals surface area contributed by atoms with Crippen molar-refractivity contribution in [2.45, 2.75) is 31.1 Å². The van der Waals surface area contributed by atoms with Crippen LogP contribution in [0.15, 0.2) is 29.3 Å². The number of aliphatic imine (C=N–C) groups is 1. The molecule has 0 radical (unpaired) electrons. The molecule has 0 aliphatic heterocycles. The van der Waals surface area contributed by atoms with Crippen LogP contribution in [0.2, 0.25) is 5.02 Å². The molecule has 0 aromatic heterocycles. The normalized spacial score (nSPS) is 17.4. The summed E-state index contributed by atoms with van der Waals surface area (Å²) < 4.78 is 0. The minimum atomic E-state index is 0. The number of rotatable bonds is 3. The Morgan fingerprint density at radius 2 is 1.85 bits per heavy atom. The van der Waals surface area contributed by atoms with Crippen molar-refractivity contribution in [3.05, 3.63) is 34.9 Å². The van der Waals surface area contributed by atoms with Gasteiger partial charge in [-0.05, 0) is 30.5 Å². The fourth-order valence-electron chi connectivity index (χ4n) is 2.95. The van der Waals surface area contributed by atoms with E-state index >= 15 is 0 Å². The number of hydrogen-bond donors (Lipinski definition) is 2. The third-order valence-electron chi connectivity index (χ3n) is 4.07. The topological polar surface area (TPSA) is 36.4 Å². The lowest BCUT2D eigenvalue weighted by molar-refractivity contribution is 0.432. The van der Waals surface area contributed by atoms with Crippen LogP contribution in [0.4, 0.5) is 0 Å². The highest BCUT2D eigenvalue weighted by atomic mass is 127. The monoisotopic (exact) mass is 407 g/mol. The molecule has 1 aromatic rings. The predicted molar refractivity (Wildman–Crippen MR) is 97.4 cm³/mol. The average Bonchev–Trinajstić information content (AvgIpc) is 2.91. The molecule has 0 heterocycles. The molecule has 0 bridgehead atoms. The predicted octanol–water partition coefficient (Wildman–Crippen LogP) is 3.56. The summed E-state index contributed by atoms with van der Waals surface area (Å²) in [4.78, 5) is 4.18. The summed E-state index contributed by atoms with van der Waals surface area (Å²) in [6.07, 6.45) is 5.04. The van der Waals surface area contributed by atoms with Crippen LogP contribution < -0.4 is 10.6 Å². The van der Waals surface area contributed by atoms with Crippen LogP contribution in [0, 0.1) is 0 Å². The lowest BCUT2D eigenvalue weighted by atomic mass is 9.79. The molecule has 1 aromatic carbocycles. The first-order chi connectivity index (χ1) is 9.20. The van der Waals surface area contributed by atoms with E-state index in [1.165, 1.54) is 31.2 Å². The van der Waals surface area contributed by atoms with E-state index in [1.807, 2.05) is 19.2 Å². The summed E-state index contributed by atoms with van der Waals surface area (Å²) in [6, 6.07) is 8.31. The second kappa shape index (κ2) is 8.08. The minimum Gasteiger partial charge on any atom is -0.359 e. The number of nitrogens with one attached hydrogen (secondary N) is 2. The number of guanidine groups is 1. The van der Waals surface area contributed by atoms with Gasteiger partial charge in [-0.2, -0.15) is 0 Å². The van der Waals surface area contributed by atoms with Crippen molar-refractivity contribution in [2.24, 2.45) is 4.99 Å². The summed E-state index contributed by atoms with van der Waals surface area (Å²) in [5.41, 5.74) is 1.60. The first-order valence-electron chi connectivity index (χ1n) is 6.85. The number of benzene rings is 1. The fraction of sp³-hybridized carbons (Fsp3) is 0.533. The molecule has 1 saturated carbocycles. The molecule has 2 N–H and O–H groups in total. The van der Waals surface area contributed by atoms with E-state index in [9.17, 15) is 0 Å². The van der Waals surface area contributed by atoms with E-state index in [-0.39, 0.29) is 29.4 Å². The first-order valence-corrected chi connectivity index (χ1v) is 7.22. The molecule has 5 heteroatoms. The van der Waals surface area contributed by atoms with Gasteiger partial charge in [-0.25, -0.2) is 0 Å². The van der Waals surface area contributed by atoms with Crippen LogP contribution in [0.5, 0.6) is 0 Å². The Labute approximate surface area is 143 Å². The molecule has 0 unspecified atom stereocenters. The third-order valence-corrected chi connectivity index (χ3v) is 4.32. The first kappa shape index (κ1) is 17.6. The highest BCUT2D eigenvalue weighted by molar-refractivity contribution is 14.0. The summed E-state index contributed by atoms with van der Waals surface area (Å²) in [7, 11) is 3.68. The molecule has 1 fully saturated rings. The van der Waals surface area contributed by atoms with Crippen molar-refractivity contribution in [3.8, 4) is 0 Å². The maximum absolute atomic E-state index is 5.99. The molecule has 0 atom stereocenters. The Kier molecular flexibility index (Phi) is 7.09. The Hall–Kier alpha value is -0.490. The van der Waals surface area contributed by atoms with E-state index < -0.39 is 0 Å². The second-order valence-corrected chi connectivity index (χ2v) is 5.61. The molecule has 0 amide bonds. The summed E-state index contributed by atoms with van der Waals surface area (Å²) in [5.74, 6) is 0.847. The van der Waals surface area contributed by atoms with E-state index in [2.05, 4.69) is 27.8 Å². The Morgan fingerprint density at radius 3 is 2.35 bits per heavy atom. The Morgan fingerprint density at radius 1 is 1.25 bits per heavy atom. The quantitative estimate of drug-likeness (QED) is 0.457. The maximum Gasteiger partial charge on any atom is 0.190 e. The Balaban J connectivity index is 0.00000200. The van der Waals surface area contributed by atoms with Crippen molar-refractivity contribution in [1.29, 1.82) is 0 Å². The maximum atomic E-state index is 5.99. The molecule has 3 nitrogen and oxygen atoms in total. The van der Waals surface area contributed by atoms with Crippen LogP contribution in [0.25, 0.3) is 0 Å². The van der Waals surface area contributed by atoms with Gasteiger partial charge in [-0.1, -0.05) is 36.6 Å². The third kappa shape index (κ3) is 4.01. The molecule has 112 valence electrons. The lowest BCUT2D eigenvalue weighted by Crippen LogP contribution is -2.43. The number of halogens is 2. The number of hydrogen-bond acceptors (Lipinski definition) is 1. The fourth-order valence-corrected chi connectivity index (χ4v) is 3.08. The zero-order valence-electron chi connectivity index (χ0n) is 12.1. The average molecular weight is 408 g/mol. The lowest BCUT2D eigenvalue weighted by Gasteiger charge is -2.30. The van der Waals surface area contributed by atoms with Gasteiger partial charge in [-0.15, -0.1) is 24.0 Å². The van der Waals surface area contributed by atoms with E-state index in [4.69, 9.17) is 11.6 Å². The van der Waals surface area contributed by atoms with Crippen LogP contribution in [0.1, 0.15) is 31.2 Å². The van der Waals surface area contributed by atoms with Crippen molar-refractivity contribution in [1.82, 2.24) is 10.6 Å². The van der Waals surface area contributed by atoms with Gasteiger partial charge in [0.05, 0.1) is 0 Å². The van der Waals surface area contributed by atoms with Gasteiger partial charge >= 0.3 is 0 Å². The van der Waals surface area contributed by atoms with Crippen LogP contribution in [-0.2, 0) is 5.41 Å². The SMILES string of the molecule is CN=C(NC)NCC1(c2ccc(Cl)cc2)CCCC1.I. The molecular formula is C15H23ClIN3. The summed E-state index contributed by atoms with van der Waals surface area (Å²) in [5, 5.41) is 7.29. The van der Waals surface area contributed by atoms with Crippen LogP contribution in [-0.4, -0.2) is 26.6 Å². The van der Waals surface area contributed by atoms with Gasteiger partial charge in [0.15, 0.2) is 5.96 Å². The van der Waals surface area contributed by atoms with Gasteiger partial charge < -0.3 is 10.6 Å². The van der Waals surface area contributed by atoms with Crippen molar-refractivity contribution in [2.75, 3.05) is 20.6 Å². The smallest absolute Gasteiger partial charge is 0.190 e. The van der Waals surface area contributed by atoms with E-state index in [1.54, 1.807) is 7.05 Å². The van der Waals surface area contributed by atoms with Gasteiger partial charge in [0.25, 0.3) is 0 Å². The molecule has 2 rings (SSSR count). The highest BCUT2D eigenvalue weighted by Gasteiger charge is 2.35. The van der Waals surface area contributed by atoms with Gasteiger partial charge in [-0.3, -0.25) is 4.99 Å². The van der Waals surface area contributed by atoms with Crippen molar-refractivity contribution in [3.63, 3.8) is 0 Å². The second-order valence-electron chi connectivity index (χ2n) is 5.17. The molecule has 0 spiro atoms. The van der Waals surface area contributed by atoms with Crippen molar-refractivity contribution >= 4 is 41.5 Å². The van der Waals surface area contributed by atoms with Gasteiger partial charge in [0, 0.05) is 31.1 Å². The molecule has 1 aliphatic carbocycles. The standard InChI is InChI=1S/C15H22ClN3.HI/c1-17-14(18-2)19-11-15(9-3-4-10-15)12-5-7-13(16)8-6-12;/h5-8H,3-4,9-11H2,1-2H3,(H2,17,18,19);1H. The van der Waals surface area contributed by atoms with Gasteiger partial charge in [0.2, 0.25) is 0 Å². The summed E-state index contributed by atoms with van der Waals surface area (Å²) >= 11 is 5.99. The Bertz CT molecular complexity index is 439. The zero-order valence-corrected chi connectivity index (χ0v) is 15.2. The molecular weight excluding hydrogens is 385 g/mol. The number of nitrogens with zero attached hydrogens (tertiary/aromatic N) is 1. The molecule has 1 aliphatic rings. The van der Waals surface area contributed by atoms with Crippen LogP contribution >= 0.6 is 35.6 Å². The molecule has 0 saturated heterocycles. The highest BCUT2D eigenvalue weighted by Crippen LogP contribution is 2.40. The molecule has 20 heavy (non-hydrogen) atoms. The largest absolute Gasteiger partial charge is 0.359 e. The van der Waals surface area contributed by atoms with E-state index in [0.717, 1.165) is 17.5 Å². The summed E-state index contributed by atoms with van der Waals surface area (Å²) in [6.45, 7) is 0.919. The van der Waals surface area contributed by atoms with E-state index in [0.29, 0.717) is 0 Å². The van der Waals surface area contributed by atoms with Gasteiger partial charge in [0.1, 0.15) is 0 Å².